The first-order valence-corrected chi connectivity index (χ1v) is 8.66. The van der Waals surface area contributed by atoms with Gasteiger partial charge in [-0.05, 0) is 31.0 Å². The van der Waals surface area contributed by atoms with Crippen LogP contribution in [0.15, 0.2) is 12.1 Å². The Hall–Kier alpha value is -1.40. The molecule has 0 saturated carbocycles. The fourth-order valence-corrected chi connectivity index (χ4v) is 3.20. The van der Waals surface area contributed by atoms with Crippen molar-refractivity contribution in [2.75, 3.05) is 24.3 Å². The minimum atomic E-state index is 0.174. The summed E-state index contributed by atoms with van der Waals surface area (Å²) in [5.74, 6) is 1.09. The number of ether oxygens (including phenoxy) is 2. The zero-order valence-electron chi connectivity index (χ0n) is 12.6. The summed E-state index contributed by atoms with van der Waals surface area (Å²) in [4.78, 5) is 8.67. The second kappa shape index (κ2) is 6.79. The minimum Gasteiger partial charge on any atom is -0.488 e. The molecule has 1 aromatic heterocycles. The summed E-state index contributed by atoms with van der Waals surface area (Å²) < 4.78 is 11.6. The highest BCUT2D eigenvalue weighted by Crippen LogP contribution is 2.30. The van der Waals surface area contributed by atoms with Crippen molar-refractivity contribution in [1.29, 1.82) is 0 Å². The molecule has 1 aliphatic rings. The van der Waals surface area contributed by atoms with Gasteiger partial charge in [0.25, 0.3) is 0 Å². The fourth-order valence-electron chi connectivity index (χ4n) is 2.74. The standard InChI is InChI=1S/C16H20BrN3O2/c1-10-13-8-11(2-5-17)9-14(15(13)20-16(18)19-10)22-12-3-6-21-7-4-12/h8-9,12H,2-7H2,1H3,(H2,18,19,20). The van der Waals surface area contributed by atoms with Crippen LogP contribution in [0.1, 0.15) is 24.1 Å². The van der Waals surface area contributed by atoms with Gasteiger partial charge in [0.05, 0.1) is 18.9 Å². The SMILES string of the molecule is Cc1nc(N)nc2c(OC3CCOCC3)cc(CCBr)cc12. The number of nitrogens with zero attached hydrogens (tertiary/aromatic N) is 2. The van der Waals surface area contributed by atoms with Crippen LogP contribution in [0.4, 0.5) is 5.95 Å². The third-order valence-electron chi connectivity index (χ3n) is 3.88. The zero-order valence-corrected chi connectivity index (χ0v) is 14.2. The van der Waals surface area contributed by atoms with Crippen molar-refractivity contribution in [3.8, 4) is 5.75 Å². The molecule has 2 N–H and O–H groups in total. The van der Waals surface area contributed by atoms with E-state index in [9.17, 15) is 0 Å². The number of hydrogen-bond donors (Lipinski definition) is 1. The molecule has 1 aliphatic heterocycles. The van der Waals surface area contributed by atoms with Crippen LogP contribution in [0.2, 0.25) is 0 Å². The van der Waals surface area contributed by atoms with E-state index < -0.39 is 0 Å². The maximum atomic E-state index is 6.22. The molecule has 0 aliphatic carbocycles. The van der Waals surface area contributed by atoms with Gasteiger partial charge in [-0.1, -0.05) is 15.9 Å². The molecular weight excluding hydrogens is 346 g/mol. The Morgan fingerprint density at radius 2 is 2.09 bits per heavy atom. The van der Waals surface area contributed by atoms with Crippen LogP contribution in [-0.4, -0.2) is 34.6 Å². The third kappa shape index (κ3) is 3.33. The first-order chi connectivity index (χ1) is 10.7. The van der Waals surface area contributed by atoms with E-state index in [1.807, 2.05) is 6.92 Å². The number of alkyl halides is 1. The molecular formula is C16H20BrN3O2. The van der Waals surface area contributed by atoms with Gasteiger partial charge >= 0.3 is 0 Å². The summed E-state index contributed by atoms with van der Waals surface area (Å²) in [6.45, 7) is 3.45. The minimum absolute atomic E-state index is 0.174. The lowest BCUT2D eigenvalue weighted by atomic mass is 10.1. The molecule has 0 bridgehead atoms. The Balaban J connectivity index is 2.04. The van der Waals surface area contributed by atoms with Crippen molar-refractivity contribution in [3.05, 3.63) is 23.4 Å². The molecule has 6 heteroatoms. The average molecular weight is 366 g/mol. The maximum Gasteiger partial charge on any atom is 0.220 e. The number of benzene rings is 1. The Morgan fingerprint density at radius 3 is 2.82 bits per heavy atom. The lowest BCUT2D eigenvalue weighted by molar-refractivity contribution is 0.0261. The Kier molecular flexibility index (Phi) is 4.78. The lowest BCUT2D eigenvalue weighted by Gasteiger charge is -2.24. The second-order valence-corrected chi connectivity index (χ2v) is 6.32. The van der Waals surface area contributed by atoms with Gasteiger partial charge in [0.1, 0.15) is 17.4 Å². The number of aromatic nitrogens is 2. The van der Waals surface area contributed by atoms with E-state index in [0.29, 0.717) is 0 Å². The quantitative estimate of drug-likeness (QED) is 0.843. The van der Waals surface area contributed by atoms with Crippen molar-refractivity contribution >= 4 is 32.8 Å². The molecule has 0 atom stereocenters. The molecule has 118 valence electrons. The molecule has 0 amide bonds. The van der Waals surface area contributed by atoms with Gasteiger partial charge in [0.2, 0.25) is 5.95 Å². The number of halogens is 1. The summed E-state index contributed by atoms with van der Waals surface area (Å²) in [5, 5.41) is 1.92. The van der Waals surface area contributed by atoms with Gasteiger partial charge < -0.3 is 15.2 Å². The van der Waals surface area contributed by atoms with E-state index in [1.165, 1.54) is 5.56 Å². The monoisotopic (exact) mass is 365 g/mol. The van der Waals surface area contributed by atoms with E-state index in [2.05, 4.69) is 38.0 Å². The summed E-state index contributed by atoms with van der Waals surface area (Å²) in [7, 11) is 0. The smallest absolute Gasteiger partial charge is 0.220 e. The van der Waals surface area contributed by atoms with E-state index >= 15 is 0 Å². The highest BCUT2D eigenvalue weighted by molar-refractivity contribution is 9.09. The van der Waals surface area contributed by atoms with Gasteiger partial charge in [-0.15, -0.1) is 0 Å². The summed E-state index contributed by atoms with van der Waals surface area (Å²) in [5.41, 5.74) is 8.71. The van der Waals surface area contributed by atoms with Crippen LogP contribution < -0.4 is 10.5 Å². The normalized spacial score (nSPS) is 16.1. The molecule has 1 fully saturated rings. The third-order valence-corrected chi connectivity index (χ3v) is 4.27. The number of anilines is 1. The largest absolute Gasteiger partial charge is 0.488 e. The van der Waals surface area contributed by atoms with Gasteiger partial charge in [-0.2, -0.15) is 0 Å². The number of hydrogen-bond acceptors (Lipinski definition) is 5. The number of nitrogen functional groups attached to an aromatic ring is 1. The van der Waals surface area contributed by atoms with Gasteiger partial charge in [0, 0.05) is 23.6 Å². The van der Waals surface area contributed by atoms with Crippen molar-refractivity contribution in [2.24, 2.45) is 0 Å². The second-order valence-electron chi connectivity index (χ2n) is 5.53. The molecule has 2 heterocycles. The van der Waals surface area contributed by atoms with E-state index in [0.717, 1.165) is 60.2 Å². The van der Waals surface area contributed by atoms with Crippen LogP contribution in [0.3, 0.4) is 0 Å². The Labute approximate surface area is 138 Å². The van der Waals surface area contributed by atoms with Crippen molar-refractivity contribution in [3.63, 3.8) is 0 Å². The van der Waals surface area contributed by atoms with E-state index in [-0.39, 0.29) is 12.1 Å². The van der Waals surface area contributed by atoms with Gasteiger partial charge in [-0.3, -0.25) is 0 Å². The van der Waals surface area contributed by atoms with Crippen molar-refractivity contribution in [2.45, 2.75) is 32.3 Å². The Bertz CT molecular complexity index is 672. The van der Waals surface area contributed by atoms with Gasteiger partial charge in [-0.25, -0.2) is 9.97 Å². The van der Waals surface area contributed by atoms with Crippen LogP contribution in [0.5, 0.6) is 5.75 Å². The van der Waals surface area contributed by atoms with Crippen LogP contribution in [0.25, 0.3) is 10.9 Å². The Morgan fingerprint density at radius 1 is 1.32 bits per heavy atom. The topological polar surface area (TPSA) is 70.3 Å². The number of aryl methyl sites for hydroxylation is 2. The fraction of sp³-hybridized carbons (Fsp3) is 0.500. The summed E-state index contributed by atoms with van der Waals surface area (Å²) in [6.07, 6.45) is 2.92. The molecule has 2 aromatic rings. The zero-order chi connectivity index (χ0) is 15.5. The average Bonchev–Trinajstić information content (AvgIpc) is 2.50. The predicted molar refractivity (Wildman–Crippen MR) is 90.7 cm³/mol. The van der Waals surface area contributed by atoms with E-state index in [4.69, 9.17) is 15.2 Å². The summed E-state index contributed by atoms with van der Waals surface area (Å²) >= 11 is 3.49. The molecule has 5 nitrogen and oxygen atoms in total. The molecule has 3 rings (SSSR count). The van der Waals surface area contributed by atoms with Crippen LogP contribution in [-0.2, 0) is 11.2 Å². The number of fused-ring (bicyclic) bond motifs is 1. The molecule has 1 saturated heterocycles. The van der Waals surface area contributed by atoms with Gasteiger partial charge in [0.15, 0.2) is 0 Å². The molecule has 0 spiro atoms. The van der Waals surface area contributed by atoms with Crippen molar-refractivity contribution < 1.29 is 9.47 Å². The van der Waals surface area contributed by atoms with Crippen LogP contribution in [0, 0.1) is 6.92 Å². The van der Waals surface area contributed by atoms with Crippen molar-refractivity contribution in [1.82, 2.24) is 9.97 Å². The first-order valence-electron chi connectivity index (χ1n) is 7.54. The first kappa shape index (κ1) is 15.5. The number of rotatable bonds is 4. The summed E-state index contributed by atoms with van der Waals surface area (Å²) in [6, 6.07) is 4.20. The highest BCUT2D eigenvalue weighted by Gasteiger charge is 2.18. The molecule has 0 unspecified atom stereocenters. The number of nitrogens with two attached hydrogens (primary N) is 1. The molecule has 0 radical (unpaired) electrons. The highest BCUT2D eigenvalue weighted by atomic mass is 79.9. The predicted octanol–water partition coefficient (Wildman–Crippen LogP) is 3.02. The van der Waals surface area contributed by atoms with Crippen LogP contribution >= 0.6 is 15.9 Å². The lowest BCUT2D eigenvalue weighted by Crippen LogP contribution is -2.26. The van der Waals surface area contributed by atoms with E-state index in [1.54, 1.807) is 0 Å². The molecule has 1 aromatic carbocycles. The molecule has 22 heavy (non-hydrogen) atoms. The maximum absolute atomic E-state index is 6.22.